The van der Waals surface area contributed by atoms with E-state index >= 15 is 0 Å². The standard InChI is InChI=1S/C15H18N6O8S/c1-26-10-8-11(27-2)18-14(17-10)19-15(23)20-30(24,25)12-9(6-5-7-16-12)13(22)21(28-3)29-4/h5-8H,1-4H3,(H2,17,18,19,20,23). The van der Waals surface area contributed by atoms with Crippen molar-refractivity contribution in [2.45, 2.75) is 5.03 Å². The van der Waals surface area contributed by atoms with Gasteiger partial charge in [-0.25, -0.2) is 24.2 Å². The Labute approximate surface area is 171 Å². The van der Waals surface area contributed by atoms with E-state index in [1.165, 1.54) is 32.4 Å². The zero-order valence-electron chi connectivity index (χ0n) is 16.3. The number of carbonyl (C=O) groups excluding carboxylic acids is 2. The molecule has 0 saturated carbocycles. The fraction of sp³-hybridized carbons (Fsp3) is 0.267. The highest BCUT2D eigenvalue weighted by Crippen LogP contribution is 2.18. The largest absolute Gasteiger partial charge is 0.481 e. The lowest BCUT2D eigenvalue weighted by molar-refractivity contribution is -0.299. The van der Waals surface area contributed by atoms with Crippen LogP contribution in [0.2, 0.25) is 0 Å². The van der Waals surface area contributed by atoms with Crippen molar-refractivity contribution >= 4 is 27.9 Å². The summed E-state index contributed by atoms with van der Waals surface area (Å²) in [6, 6.07) is 2.63. The highest BCUT2D eigenvalue weighted by atomic mass is 32.2. The molecule has 0 aliphatic heterocycles. The Morgan fingerprint density at radius 1 is 1.03 bits per heavy atom. The highest BCUT2D eigenvalue weighted by molar-refractivity contribution is 7.90. The Bertz CT molecular complexity index is 1010. The number of anilines is 1. The Morgan fingerprint density at radius 2 is 1.63 bits per heavy atom. The third kappa shape index (κ3) is 5.28. The zero-order valence-corrected chi connectivity index (χ0v) is 17.1. The average Bonchev–Trinajstić information content (AvgIpc) is 2.73. The van der Waals surface area contributed by atoms with Crippen molar-refractivity contribution in [2.24, 2.45) is 0 Å². The first kappa shape index (κ1) is 22.7. The van der Waals surface area contributed by atoms with Gasteiger partial charge in [0.1, 0.15) is 0 Å². The number of pyridine rings is 1. The van der Waals surface area contributed by atoms with Crippen molar-refractivity contribution in [3.8, 4) is 11.8 Å². The van der Waals surface area contributed by atoms with E-state index in [0.29, 0.717) is 5.23 Å². The number of hydroxylamine groups is 2. The average molecular weight is 442 g/mol. The quantitative estimate of drug-likeness (QED) is 0.526. The van der Waals surface area contributed by atoms with Crippen LogP contribution in [0.4, 0.5) is 10.7 Å². The van der Waals surface area contributed by atoms with Crippen molar-refractivity contribution in [3.05, 3.63) is 30.0 Å². The van der Waals surface area contributed by atoms with Crippen molar-refractivity contribution in [2.75, 3.05) is 33.8 Å². The number of carbonyl (C=O) groups is 2. The molecule has 162 valence electrons. The third-order valence-corrected chi connectivity index (χ3v) is 4.59. The molecule has 0 radical (unpaired) electrons. The molecular weight excluding hydrogens is 424 g/mol. The number of amides is 3. The normalized spacial score (nSPS) is 10.8. The second-order valence-electron chi connectivity index (χ2n) is 5.12. The maximum absolute atomic E-state index is 12.6. The number of ether oxygens (including phenoxy) is 2. The van der Waals surface area contributed by atoms with Gasteiger partial charge in [0, 0.05) is 6.20 Å². The van der Waals surface area contributed by atoms with Gasteiger partial charge in [-0.2, -0.15) is 18.4 Å². The van der Waals surface area contributed by atoms with Crippen LogP contribution in [0.15, 0.2) is 29.4 Å². The molecule has 0 saturated heterocycles. The molecule has 0 atom stereocenters. The minimum absolute atomic E-state index is 0.0665. The first-order chi connectivity index (χ1) is 14.2. The molecule has 0 bridgehead atoms. The molecule has 2 aromatic rings. The minimum atomic E-state index is -4.59. The molecule has 0 spiro atoms. The molecule has 2 heterocycles. The van der Waals surface area contributed by atoms with Crippen LogP contribution in [0, 0.1) is 0 Å². The van der Waals surface area contributed by atoms with Gasteiger partial charge in [-0.15, -0.1) is 0 Å². The molecule has 0 unspecified atom stereocenters. The van der Waals surface area contributed by atoms with Crippen LogP contribution < -0.4 is 19.5 Å². The summed E-state index contributed by atoms with van der Waals surface area (Å²) in [5.74, 6) is -1.12. The predicted octanol–water partition coefficient (Wildman–Crippen LogP) is -0.0358. The Kier molecular flexibility index (Phi) is 7.40. The van der Waals surface area contributed by atoms with Gasteiger partial charge in [-0.05, 0) is 12.1 Å². The van der Waals surface area contributed by atoms with E-state index in [9.17, 15) is 18.0 Å². The Hall–Kier alpha value is -3.56. The summed E-state index contributed by atoms with van der Waals surface area (Å²) in [7, 11) is 0.356. The summed E-state index contributed by atoms with van der Waals surface area (Å²) in [6.45, 7) is 0. The van der Waals surface area contributed by atoms with E-state index in [1.54, 1.807) is 4.72 Å². The maximum Gasteiger partial charge on any atom is 0.335 e. The van der Waals surface area contributed by atoms with Gasteiger partial charge < -0.3 is 9.47 Å². The van der Waals surface area contributed by atoms with E-state index in [0.717, 1.165) is 20.4 Å². The lowest BCUT2D eigenvalue weighted by atomic mass is 10.3. The number of nitrogens with one attached hydrogen (secondary N) is 2. The van der Waals surface area contributed by atoms with Gasteiger partial charge in [0.05, 0.1) is 40.1 Å². The summed E-state index contributed by atoms with van der Waals surface area (Å²) in [4.78, 5) is 45.3. The van der Waals surface area contributed by atoms with Gasteiger partial charge >= 0.3 is 11.9 Å². The number of methoxy groups -OCH3 is 2. The minimum Gasteiger partial charge on any atom is -0.481 e. The number of sulfonamides is 1. The van der Waals surface area contributed by atoms with Crippen LogP contribution in [0.3, 0.4) is 0 Å². The molecule has 14 nitrogen and oxygen atoms in total. The van der Waals surface area contributed by atoms with E-state index in [4.69, 9.17) is 9.47 Å². The lowest BCUT2D eigenvalue weighted by Crippen LogP contribution is -2.37. The first-order valence-electron chi connectivity index (χ1n) is 7.94. The molecule has 30 heavy (non-hydrogen) atoms. The van der Waals surface area contributed by atoms with Crippen LogP contribution in [0.5, 0.6) is 11.8 Å². The monoisotopic (exact) mass is 442 g/mol. The summed E-state index contributed by atoms with van der Waals surface area (Å²) in [5.41, 5.74) is -0.402. The number of aromatic nitrogens is 3. The molecule has 15 heteroatoms. The smallest absolute Gasteiger partial charge is 0.335 e. The third-order valence-electron chi connectivity index (χ3n) is 3.30. The summed E-state index contributed by atoms with van der Waals surface area (Å²) < 4.78 is 36.8. The number of hydrogen-bond donors (Lipinski definition) is 2. The van der Waals surface area contributed by atoms with Crippen LogP contribution in [-0.4, -0.2) is 69.0 Å². The molecule has 2 rings (SSSR count). The number of nitrogens with zero attached hydrogens (tertiary/aromatic N) is 4. The number of rotatable bonds is 8. The second kappa shape index (κ2) is 9.77. The van der Waals surface area contributed by atoms with Crippen molar-refractivity contribution in [3.63, 3.8) is 0 Å². The molecule has 0 aliphatic rings. The Balaban J connectivity index is 2.27. The van der Waals surface area contributed by atoms with Crippen molar-refractivity contribution < 1.29 is 37.2 Å². The molecule has 0 fully saturated rings. The SMILES string of the molecule is COc1cc(OC)nc(NC(=O)NS(=O)(=O)c2ncccc2C(=O)N(OC)OC)n1. The molecule has 2 aromatic heterocycles. The lowest BCUT2D eigenvalue weighted by Gasteiger charge is -2.17. The van der Waals surface area contributed by atoms with Crippen molar-refractivity contribution in [1.82, 2.24) is 24.9 Å². The highest BCUT2D eigenvalue weighted by Gasteiger charge is 2.29. The van der Waals surface area contributed by atoms with Gasteiger partial charge in [-0.1, -0.05) is 5.23 Å². The van der Waals surface area contributed by atoms with Gasteiger partial charge in [0.25, 0.3) is 10.0 Å². The van der Waals surface area contributed by atoms with E-state index in [-0.39, 0.29) is 17.7 Å². The van der Waals surface area contributed by atoms with Crippen LogP contribution in [0.25, 0.3) is 0 Å². The maximum atomic E-state index is 12.6. The topological polar surface area (TPSA) is 171 Å². The fourth-order valence-corrected chi connectivity index (χ4v) is 3.11. The second-order valence-corrected chi connectivity index (χ2v) is 6.72. The van der Waals surface area contributed by atoms with Crippen LogP contribution >= 0.6 is 0 Å². The fourth-order valence-electron chi connectivity index (χ4n) is 2.07. The molecular formula is C15H18N6O8S. The molecule has 2 N–H and O–H groups in total. The van der Waals surface area contributed by atoms with E-state index in [1.807, 2.05) is 0 Å². The van der Waals surface area contributed by atoms with Crippen molar-refractivity contribution in [1.29, 1.82) is 0 Å². The van der Waals surface area contributed by atoms with Crippen LogP contribution in [0.1, 0.15) is 10.4 Å². The number of urea groups is 1. The Morgan fingerprint density at radius 3 is 2.17 bits per heavy atom. The van der Waals surface area contributed by atoms with Crippen LogP contribution in [-0.2, 0) is 19.7 Å². The molecule has 3 amide bonds. The summed E-state index contributed by atoms with van der Waals surface area (Å²) in [6.07, 6.45) is 1.13. The van der Waals surface area contributed by atoms with Gasteiger partial charge in [-0.3, -0.25) is 10.1 Å². The summed E-state index contributed by atoms with van der Waals surface area (Å²) >= 11 is 0. The first-order valence-corrected chi connectivity index (χ1v) is 9.42. The predicted molar refractivity (Wildman–Crippen MR) is 98.9 cm³/mol. The zero-order chi connectivity index (χ0) is 22.3. The van der Waals surface area contributed by atoms with E-state index in [2.05, 4.69) is 29.9 Å². The van der Waals surface area contributed by atoms with Gasteiger partial charge in [0.2, 0.25) is 17.7 Å². The molecule has 0 aliphatic carbocycles. The number of hydrogen-bond acceptors (Lipinski definition) is 11. The summed E-state index contributed by atoms with van der Waals surface area (Å²) in [5, 5.41) is 1.84. The van der Waals surface area contributed by atoms with E-state index < -0.39 is 32.6 Å². The molecule has 0 aromatic carbocycles. The van der Waals surface area contributed by atoms with Gasteiger partial charge in [0.15, 0.2) is 5.03 Å².